The first-order valence-electron chi connectivity index (χ1n) is 6.48. The lowest BCUT2D eigenvalue weighted by atomic mass is 10.1. The van der Waals surface area contributed by atoms with Crippen LogP contribution in [0.4, 0.5) is 0 Å². The fourth-order valence-corrected chi connectivity index (χ4v) is 2.33. The number of aromatic hydroxyl groups is 1. The van der Waals surface area contributed by atoms with Gasteiger partial charge in [0, 0.05) is 10.0 Å². The van der Waals surface area contributed by atoms with Crippen molar-refractivity contribution >= 4 is 27.8 Å². The van der Waals surface area contributed by atoms with Crippen molar-refractivity contribution in [2.45, 2.75) is 0 Å². The highest BCUT2D eigenvalue weighted by Crippen LogP contribution is 2.33. The van der Waals surface area contributed by atoms with Crippen LogP contribution in [0.15, 0.2) is 46.9 Å². The van der Waals surface area contributed by atoms with Crippen LogP contribution < -0.4 is 9.47 Å². The molecule has 2 aromatic rings. The molecule has 0 atom stereocenters. The zero-order chi connectivity index (χ0) is 16.1. The Bertz CT molecular complexity index is 705. The molecule has 22 heavy (non-hydrogen) atoms. The van der Waals surface area contributed by atoms with Gasteiger partial charge >= 0.3 is 0 Å². The van der Waals surface area contributed by atoms with Gasteiger partial charge in [0.05, 0.1) is 14.2 Å². The van der Waals surface area contributed by atoms with Gasteiger partial charge in [-0.15, -0.1) is 0 Å². The van der Waals surface area contributed by atoms with Crippen LogP contribution in [0.3, 0.4) is 0 Å². The summed E-state index contributed by atoms with van der Waals surface area (Å²) in [5.74, 6) is 0.959. The van der Waals surface area contributed by atoms with E-state index in [1.807, 2.05) is 0 Å². The molecule has 0 aliphatic rings. The number of methoxy groups -OCH3 is 2. The number of ketones is 1. The second-order valence-electron chi connectivity index (χ2n) is 4.47. The van der Waals surface area contributed by atoms with Crippen molar-refractivity contribution in [3.63, 3.8) is 0 Å². The average molecular weight is 363 g/mol. The molecule has 0 heterocycles. The molecule has 0 spiro atoms. The predicted molar refractivity (Wildman–Crippen MR) is 88.7 cm³/mol. The van der Waals surface area contributed by atoms with Crippen molar-refractivity contribution in [2.24, 2.45) is 0 Å². The Morgan fingerprint density at radius 1 is 1.14 bits per heavy atom. The largest absolute Gasteiger partial charge is 0.504 e. The molecule has 0 amide bonds. The molecule has 114 valence electrons. The zero-order valence-corrected chi connectivity index (χ0v) is 13.8. The van der Waals surface area contributed by atoms with E-state index in [1.165, 1.54) is 19.3 Å². The second kappa shape index (κ2) is 7.13. The Morgan fingerprint density at radius 3 is 2.41 bits per heavy atom. The monoisotopic (exact) mass is 362 g/mol. The Balaban J connectivity index is 2.22. The highest BCUT2D eigenvalue weighted by atomic mass is 79.9. The Hall–Kier alpha value is -2.27. The Kier molecular flexibility index (Phi) is 5.22. The van der Waals surface area contributed by atoms with Crippen molar-refractivity contribution in [3.05, 3.63) is 58.1 Å². The van der Waals surface area contributed by atoms with E-state index in [4.69, 9.17) is 9.47 Å². The van der Waals surface area contributed by atoms with Crippen LogP contribution in [0, 0.1) is 0 Å². The van der Waals surface area contributed by atoms with E-state index in [-0.39, 0.29) is 11.5 Å². The summed E-state index contributed by atoms with van der Waals surface area (Å²) in [6.07, 6.45) is 3.14. The van der Waals surface area contributed by atoms with Gasteiger partial charge in [-0.1, -0.05) is 15.9 Å². The summed E-state index contributed by atoms with van der Waals surface area (Å²) in [6, 6.07) is 10.1. The fraction of sp³-hybridized carbons (Fsp3) is 0.118. The summed E-state index contributed by atoms with van der Waals surface area (Å²) in [7, 11) is 3.05. The summed E-state index contributed by atoms with van der Waals surface area (Å²) in [5, 5.41) is 9.66. The van der Waals surface area contributed by atoms with Gasteiger partial charge in [-0.3, -0.25) is 4.79 Å². The minimum atomic E-state index is -0.124. The molecule has 5 heteroatoms. The lowest BCUT2D eigenvalue weighted by molar-refractivity contribution is 0.104. The maximum absolute atomic E-state index is 12.1. The molecule has 0 unspecified atom stereocenters. The van der Waals surface area contributed by atoms with Gasteiger partial charge < -0.3 is 14.6 Å². The van der Waals surface area contributed by atoms with E-state index in [9.17, 15) is 9.90 Å². The van der Waals surface area contributed by atoms with Crippen LogP contribution in [-0.4, -0.2) is 25.1 Å². The van der Waals surface area contributed by atoms with Gasteiger partial charge in [0.25, 0.3) is 0 Å². The summed E-state index contributed by atoms with van der Waals surface area (Å²) < 4.78 is 10.8. The molecular formula is C17H15BrO4. The number of phenolic OH excluding ortho intramolecular Hbond substituents is 1. The third-order valence-electron chi connectivity index (χ3n) is 3.09. The predicted octanol–water partition coefficient (Wildman–Crippen LogP) is 4.07. The number of hydrogen-bond acceptors (Lipinski definition) is 4. The maximum Gasteiger partial charge on any atom is 0.185 e. The van der Waals surface area contributed by atoms with Crippen LogP contribution in [-0.2, 0) is 0 Å². The minimum absolute atomic E-state index is 0.0352. The SMILES string of the molecule is COc1ccc(C(=O)/C=C/c2cc(OC)c(O)cc2Br)cc1. The fourth-order valence-electron chi connectivity index (χ4n) is 1.87. The lowest BCUT2D eigenvalue weighted by Gasteiger charge is -2.06. The molecule has 0 aliphatic carbocycles. The molecule has 0 bridgehead atoms. The quantitative estimate of drug-likeness (QED) is 0.643. The van der Waals surface area contributed by atoms with E-state index < -0.39 is 0 Å². The molecule has 0 radical (unpaired) electrons. The van der Waals surface area contributed by atoms with Crippen molar-refractivity contribution in [3.8, 4) is 17.2 Å². The number of carbonyl (C=O) groups is 1. The van der Waals surface area contributed by atoms with Crippen LogP contribution in [0.1, 0.15) is 15.9 Å². The third-order valence-corrected chi connectivity index (χ3v) is 3.77. The van der Waals surface area contributed by atoms with Crippen LogP contribution in [0.2, 0.25) is 0 Å². The molecule has 0 saturated carbocycles. The normalized spacial score (nSPS) is 10.7. The van der Waals surface area contributed by atoms with E-state index in [1.54, 1.807) is 43.5 Å². The van der Waals surface area contributed by atoms with Crippen LogP contribution in [0.25, 0.3) is 6.08 Å². The Labute approximate surface area is 137 Å². The second-order valence-corrected chi connectivity index (χ2v) is 5.33. The van der Waals surface area contributed by atoms with Crippen molar-refractivity contribution < 1.29 is 19.4 Å². The highest BCUT2D eigenvalue weighted by molar-refractivity contribution is 9.10. The van der Waals surface area contributed by atoms with Crippen LogP contribution >= 0.6 is 15.9 Å². The first-order valence-corrected chi connectivity index (χ1v) is 7.27. The lowest BCUT2D eigenvalue weighted by Crippen LogP contribution is -1.94. The summed E-state index contributed by atoms with van der Waals surface area (Å²) in [6.45, 7) is 0. The van der Waals surface area contributed by atoms with E-state index >= 15 is 0 Å². The van der Waals surface area contributed by atoms with Gasteiger partial charge in [-0.2, -0.15) is 0 Å². The van der Waals surface area contributed by atoms with Gasteiger partial charge in [-0.25, -0.2) is 0 Å². The number of hydrogen-bond donors (Lipinski definition) is 1. The first kappa shape index (κ1) is 16.1. The number of benzene rings is 2. The highest BCUT2D eigenvalue weighted by Gasteiger charge is 2.07. The number of carbonyl (C=O) groups excluding carboxylic acids is 1. The smallest absolute Gasteiger partial charge is 0.185 e. The van der Waals surface area contributed by atoms with Crippen LogP contribution in [0.5, 0.6) is 17.2 Å². The minimum Gasteiger partial charge on any atom is -0.504 e. The molecule has 4 nitrogen and oxygen atoms in total. The molecule has 0 aromatic heterocycles. The number of rotatable bonds is 5. The standard InChI is InChI=1S/C17H15BrO4/c1-21-13-6-3-11(4-7-13)15(19)8-5-12-9-17(22-2)16(20)10-14(12)18/h3-10,20H,1-2H3/b8-5+. The topological polar surface area (TPSA) is 55.8 Å². The molecular weight excluding hydrogens is 348 g/mol. The number of allylic oxidation sites excluding steroid dienone is 1. The van der Waals surface area contributed by atoms with Gasteiger partial charge in [0.15, 0.2) is 17.3 Å². The van der Waals surface area contributed by atoms with Crippen molar-refractivity contribution in [2.75, 3.05) is 14.2 Å². The van der Waals surface area contributed by atoms with Gasteiger partial charge in [0.2, 0.25) is 0 Å². The van der Waals surface area contributed by atoms with E-state index in [0.717, 1.165) is 5.56 Å². The molecule has 0 fully saturated rings. The summed E-state index contributed by atoms with van der Waals surface area (Å²) in [4.78, 5) is 12.1. The molecule has 0 aliphatic heterocycles. The zero-order valence-electron chi connectivity index (χ0n) is 12.2. The van der Waals surface area contributed by atoms with Crippen molar-refractivity contribution in [1.82, 2.24) is 0 Å². The maximum atomic E-state index is 12.1. The van der Waals surface area contributed by atoms with Crippen molar-refractivity contribution in [1.29, 1.82) is 0 Å². The third kappa shape index (κ3) is 3.68. The summed E-state index contributed by atoms with van der Waals surface area (Å²) in [5.41, 5.74) is 1.30. The number of halogens is 1. The first-order chi connectivity index (χ1) is 10.5. The molecule has 1 N–H and O–H groups in total. The number of ether oxygens (including phenoxy) is 2. The van der Waals surface area contributed by atoms with Gasteiger partial charge in [0.1, 0.15) is 5.75 Å². The average Bonchev–Trinajstić information content (AvgIpc) is 2.54. The van der Waals surface area contributed by atoms with E-state index in [0.29, 0.717) is 21.5 Å². The summed E-state index contributed by atoms with van der Waals surface area (Å²) >= 11 is 3.34. The van der Waals surface area contributed by atoms with E-state index in [2.05, 4.69) is 15.9 Å². The van der Waals surface area contributed by atoms with Gasteiger partial charge in [-0.05, 0) is 54.1 Å². The molecule has 2 rings (SSSR count). The number of phenols is 1. The molecule has 0 saturated heterocycles. The Morgan fingerprint density at radius 2 is 1.82 bits per heavy atom. The molecule has 2 aromatic carbocycles.